The largest absolute Gasteiger partial charge is 0.391 e. The van der Waals surface area contributed by atoms with E-state index in [4.69, 9.17) is 5.73 Å². The van der Waals surface area contributed by atoms with Crippen LogP contribution in [0.5, 0.6) is 0 Å². The van der Waals surface area contributed by atoms with Crippen LogP contribution in [-0.4, -0.2) is 11.2 Å². The first-order valence-corrected chi connectivity index (χ1v) is 5.51. The first-order valence-electron chi connectivity index (χ1n) is 5.51. The molecule has 0 aliphatic rings. The monoisotopic (exact) mass is 207 g/mol. The maximum absolute atomic E-state index is 9.94. The number of aliphatic hydroxyl groups excluding tert-OH is 1. The molecule has 2 nitrogen and oxygen atoms in total. The minimum atomic E-state index is -0.453. The molecule has 1 aromatic carbocycles. The van der Waals surface area contributed by atoms with Crippen LogP contribution in [0.25, 0.3) is 0 Å². The van der Waals surface area contributed by atoms with Gasteiger partial charge in [-0.3, -0.25) is 0 Å². The number of rotatable bonds is 4. The summed E-state index contributed by atoms with van der Waals surface area (Å²) in [5, 5.41) is 9.94. The van der Waals surface area contributed by atoms with Gasteiger partial charge in [0.15, 0.2) is 0 Å². The van der Waals surface area contributed by atoms with Gasteiger partial charge in [0.1, 0.15) is 0 Å². The Hall–Kier alpha value is -0.860. The molecule has 0 amide bonds. The van der Waals surface area contributed by atoms with E-state index in [2.05, 4.69) is 13.8 Å². The SMILES string of the molecule is Cc1ccccc1[C@H](N)[C@H](O)CC(C)C. The van der Waals surface area contributed by atoms with E-state index in [0.717, 1.165) is 17.5 Å². The van der Waals surface area contributed by atoms with Crippen LogP contribution in [0.2, 0.25) is 0 Å². The van der Waals surface area contributed by atoms with Gasteiger partial charge in [0.05, 0.1) is 12.1 Å². The van der Waals surface area contributed by atoms with E-state index in [1.165, 1.54) is 0 Å². The van der Waals surface area contributed by atoms with Gasteiger partial charge >= 0.3 is 0 Å². The second-order valence-corrected chi connectivity index (χ2v) is 4.58. The summed E-state index contributed by atoms with van der Waals surface area (Å²) in [4.78, 5) is 0. The summed E-state index contributed by atoms with van der Waals surface area (Å²) in [6, 6.07) is 7.69. The minimum absolute atomic E-state index is 0.270. The molecule has 0 aliphatic heterocycles. The lowest BCUT2D eigenvalue weighted by molar-refractivity contribution is 0.121. The van der Waals surface area contributed by atoms with Crippen molar-refractivity contribution in [3.05, 3.63) is 35.4 Å². The van der Waals surface area contributed by atoms with Crippen LogP contribution >= 0.6 is 0 Å². The molecule has 0 radical (unpaired) electrons. The molecule has 0 spiro atoms. The Labute approximate surface area is 92.1 Å². The number of hydrogen-bond donors (Lipinski definition) is 2. The molecule has 2 heteroatoms. The van der Waals surface area contributed by atoms with Crippen molar-refractivity contribution in [3.63, 3.8) is 0 Å². The van der Waals surface area contributed by atoms with Crippen molar-refractivity contribution >= 4 is 0 Å². The summed E-state index contributed by atoms with van der Waals surface area (Å²) in [7, 11) is 0. The van der Waals surface area contributed by atoms with Crippen molar-refractivity contribution in [3.8, 4) is 0 Å². The van der Waals surface area contributed by atoms with Crippen molar-refractivity contribution in [1.29, 1.82) is 0 Å². The van der Waals surface area contributed by atoms with Crippen molar-refractivity contribution in [2.75, 3.05) is 0 Å². The quantitative estimate of drug-likeness (QED) is 0.796. The molecule has 3 N–H and O–H groups in total. The molecular formula is C13H21NO. The zero-order valence-corrected chi connectivity index (χ0v) is 9.77. The normalized spacial score (nSPS) is 15.3. The van der Waals surface area contributed by atoms with Crippen molar-refractivity contribution < 1.29 is 5.11 Å². The minimum Gasteiger partial charge on any atom is -0.391 e. The summed E-state index contributed by atoms with van der Waals surface area (Å²) < 4.78 is 0. The van der Waals surface area contributed by atoms with Gasteiger partial charge in [0, 0.05) is 0 Å². The molecule has 0 aromatic heterocycles. The van der Waals surface area contributed by atoms with E-state index >= 15 is 0 Å². The number of aliphatic hydroxyl groups is 1. The van der Waals surface area contributed by atoms with Gasteiger partial charge in [0.25, 0.3) is 0 Å². The maximum Gasteiger partial charge on any atom is 0.0735 e. The second kappa shape index (κ2) is 5.29. The molecule has 1 rings (SSSR count). The lowest BCUT2D eigenvalue weighted by Crippen LogP contribution is -2.28. The van der Waals surface area contributed by atoms with E-state index in [0.29, 0.717) is 5.92 Å². The fourth-order valence-electron chi connectivity index (χ4n) is 1.80. The third kappa shape index (κ3) is 3.33. The predicted molar refractivity (Wildman–Crippen MR) is 63.6 cm³/mol. The molecule has 2 atom stereocenters. The lowest BCUT2D eigenvalue weighted by Gasteiger charge is -2.22. The Bertz CT molecular complexity index is 309. The molecule has 15 heavy (non-hydrogen) atoms. The van der Waals surface area contributed by atoms with Crippen LogP contribution in [-0.2, 0) is 0 Å². The van der Waals surface area contributed by atoms with Crippen LogP contribution < -0.4 is 5.73 Å². The third-order valence-electron chi connectivity index (χ3n) is 2.68. The fourth-order valence-corrected chi connectivity index (χ4v) is 1.80. The topological polar surface area (TPSA) is 46.2 Å². The maximum atomic E-state index is 9.94. The van der Waals surface area contributed by atoms with Gasteiger partial charge in [0.2, 0.25) is 0 Å². The van der Waals surface area contributed by atoms with Crippen LogP contribution in [0.1, 0.15) is 37.4 Å². The van der Waals surface area contributed by atoms with Gasteiger partial charge in [-0.25, -0.2) is 0 Å². The highest BCUT2D eigenvalue weighted by Gasteiger charge is 2.18. The van der Waals surface area contributed by atoms with E-state index in [1.807, 2.05) is 31.2 Å². The van der Waals surface area contributed by atoms with Gasteiger partial charge in [-0.2, -0.15) is 0 Å². The highest BCUT2D eigenvalue weighted by molar-refractivity contribution is 5.29. The fraction of sp³-hybridized carbons (Fsp3) is 0.538. The smallest absolute Gasteiger partial charge is 0.0735 e. The number of nitrogens with two attached hydrogens (primary N) is 1. The molecule has 0 heterocycles. The lowest BCUT2D eigenvalue weighted by atomic mass is 9.93. The summed E-state index contributed by atoms with van der Waals surface area (Å²) in [5.74, 6) is 0.468. The zero-order valence-electron chi connectivity index (χ0n) is 9.77. The van der Waals surface area contributed by atoms with Crippen LogP contribution in [0.15, 0.2) is 24.3 Å². The first kappa shape index (κ1) is 12.2. The van der Waals surface area contributed by atoms with E-state index in [9.17, 15) is 5.11 Å². The zero-order chi connectivity index (χ0) is 11.4. The summed E-state index contributed by atoms with van der Waals surface area (Å²) in [6.45, 7) is 6.21. The Morgan fingerprint density at radius 3 is 2.40 bits per heavy atom. The molecule has 0 saturated heterocycles. The van der Waals surface area contributed by atoms with E-state index in [1.54, 1.807) is 0 Å². The Kier molecular flexibility index (Phi) is 4.30. The summed E-state index contributed by atoms with van der Waals surface area (Å²) in [6.07, 6.45) is 0.293. The van der Waals surface area contributed by atoms with Crippen LogP contribution in [0.3, 0.4) is 0 Å². The van der Waals surface area contributed by atoms with Gasteiger partial charge in [-0.1, -0.05) is 38.1 Å². The molecule has 84 valence electrons. The third-order valence-corrected chi connectivity index (χ3v) is 2.68. The van der Waals surface area contributed by atoms with Crippen LogP contribution in [0.4, 0.5) is 0 Å². The summed E-state index contributed by atoms with van der Waals surface area (Å²) in [5.41, 5.74) is 8.23. The second-order valence-electron chi connectivity index (χ2n) is 4.58. The van der Waals surface area contributed by atoms with Gasteiger partial charge < -0.3 is 10.8 Å². The van der Waals surface area contributed by atoms with Crippen molar-refractivity contribution in [2.24, 2.45) is 11.7 Å². The average Bonchev–Trinajstić information content (AvgIpc) is 2.16. The summed E-state index contributed by atoms with van der Waals surface area (Å²) >= 11 is 0. The van der Waals surface area contributed by atoms with Crippen molar-refractivity contribution in [2.45, 2.75) is 39.3 Å². The van der Waals surface area contributed by atoms with E-state index < -0.39 is 6.10 Å². The molecule has 0 fully saturated rings. The predicted octanol–water partition coefficient (Wildman–Crippen LogP) is 2.40. The Balaban J connectivity index is 2.76. The number of hydrogen-bond acceptors (Lipinski definition) is 2. The highest BCUT2D eigenvalue weighted by atomic mass is 16.3. The van der Waals surface area contributed by atoms with Gasteiger partial charge in [-0.05, 0) is 30.4 Å². The number of aryl methyl sites for hydroxylation is 1. The first-order chi connectivity index (χ1) is 7.02. The van der Waals surface area contributed by atoms with Gasteiger partial charge in [-0.15, -0.1) is 0 Å². The molecule has 0 aliphatic carbocycles. The Morgan fingerprint density at radius 2 is 1.87 bits per heavy atom. The molecule has 0 bridgehead atoms. The Morgan fingerprint density at radius 1 is 1.27 bits per heavy atom. The highest BCUT2D eigenvalue weighted by Crippen LogP contribution is 2.21. The molecule has 1 aromatic rings. The van der Waals surface area contributed by atoms with Crippen molar-refractivity contribution in [1.82, 2.24) is 0 Å². The van der Waals surface area contributed by atoms with E-state index in [-0.39, 0.29) is 6.04 Å². The van der Waals surface area contributed by atoms with Crippen LogP contribution in [0, 0.1) is 12.8 Å². The molecule has 0 saturated carbocycles. The number of benzene rings is 1. The molecule has 0 unspecified atom stereocenters. The molecular weight excluding hydrogens is 186 g/mol. The average molecular weight is 207 g/mol. The standard InChI is InChI=1S/C13H21NO/c1-9(2)8-12(15)13(14)11-7-5-4-6-10(11)3/h4-7,9,12-13,15H,8,14H2,1-3H3/t12-,13+/m1/s1.